The zero-order valence-electron chi connectivity index (χ0n) is 11.6. The minimum Gasteiger partial charge on any atom is -0.295 e. The maximum absolute atomic E-state index is 12.1. The molecule has 0 aliphatic rings. The Labute approximate surface area is 119 Å². The van der Waals surface area contributed by atoms with Crippen LogP contribution in [0.5, 0.6) is 0 Å². The lowest BCUT2D eigenvalue weighted by atomic mass is 10.2. The fraction of sp³-hybridized carbons (Fsp3) is 0.462. The van der Waals surface area contributed by atoms with Crippen LogP contribution in [0.2, 0.25) is 0 Å². The van der Waals surface area contributed by atoms with E-state index in [0.29, 0.717) is 12.1 Å². The molecule has 19 heavy (non-hydrogen) atoms. The van der Waals surface area contributed by atoms with E-state index in [1.807, 2.05) is 20.1 Å². The second kappa shape index (κ2) is 6.07. The first-order chi connectivity index (χ1) is 8.68. The Kier molecular flexibility index (Phi) is 5.18. The molecular weight excluding hydrogens is 282 g/mol. The fourth-order valence-electron chi connectivity index (χ4n) is 1.29. The van der Waals surface area contributed by atoms with E-state index in [1.165, 1.54) is 31.2 Å². The lowest BCUT2D eigenvalue weighted by Gasteiger charge is -2.22. The van der Waals surface area contributed by atoms with Crippen LogP contribution in [0.25, 0.3) is 0 Å². The van der Waals surface area contributed by atoms with Crippen LogP contribution in [-0.2, 0) is 10.0 Å². The summed E-state index contributed by atoms with van der Waals surface area (Å²) in [6.45, 7) is 5.74. The van der Waals surface area contributed by atoms with Gasteiger partial charge in [0.2, 0.25) is 10.0 Å². The van der Waals surface area contributed by atoms with Crippen molar-refractivity contribution in [3.8, 4) is 0 Å². The van der Waals surface area contributed by atoms with Gasteiger partial charge >= 0.3 is 0 Å². The fourth-order valence-corrected chi connectivity index (χ4v) is 2.81. The molecule has 0 atom stereocenters. The van der Waals surface area contributed by atoms with E-state index < -0.39 is 10.0 Å². The molecule has 0 aromatic heterocycles. The van der Waals surface area contributed by atoms with Gasteiger partial charge in [0.1, 0.15) is 0 Å². The number of hydrogen-bond donors (Lipinski definition) is 1. The van der Waals surface area contributed by atoms with Gasteiger partial charge in [-0.05, 0) is 39.2 Å². The lowest BCUT2D eigenvalue weighted by molar-refractivity contribution is 0.101. The highest BCUT2D eigenvalue weighted by Gasteiger charge is 2.21. The quantitative estimate of drug-likeness (QED) is 0.819. The molecule has 6 heteroatoms. The molecule has 0 radical (unpaired) electrons. The maximum atomic E-state index is 12.1. The second-order valence-electron chi connectivity index (χ2n) is 4.87. The topological polar surface area (TPSA) is 63.2 Å². The van der Waals surface area contributed by atoms with Gasteiger partial charge in [-0.15, -0.1) is 0 Å². The van der Waals surface area contributed by atoms with Gasteiger partial charge < -0.3 is 0 Å². The summed E-state index contributed by atoms with van der Waals surface area (Å²) in [4.78, 5) is 11.3. The molecule has 1 aromatic rings. The largest absolute Gasteiger partial charge is 0.295 e. The molecule has 0 aliphatic heterocycles. The minimum absolute atomic E-state index is 0.0829. The van der Waals surface area contributed by atoms with Crippen molar-refractivity contribution in [1.82, 2.24) is 4.72 Å². The van der Waals surface area contributed by atoms with Crippen LogP contribution in [0.1, 0.15) is 31.1 Å². The molecule has 0 saturated heterocycles. The monoisotopic (exact) mass is 301 g/mol. The van der Waals surface area contributed by atoms with Crippen LogP contribution in [0.3, 0.4) is 0 Å². The third-order valence-corrected chi connectivity index (χ3v) is 5.48. The van der Waals surface area contributed by atoms with Crippen LogP contribution in [0, 0.1) is 0 Å². The minimum atomic E-state index is -3.52. The molecule has 0 unspecified atom stereocenters. The lowest BCUT2D eigenvalue weighted by Crippen LogP contribution is -2.36. The number of benzene rings is 1. The molecule has 1 rings (SSSR count). The Morgan fingerprint density at radius 1 is 1.26 bits per heavy atom. The summed E-state index contributed by atoms with van der Waals surface area (Å²) in [6.07, 6.45) is 1.94. The highest BCUT2D eigenvalue weighted by molar-refractivity contribution is 8.00. The first-order valence-electron chi connectivity index (χ1n) is 5.84. The zero-order valence-corrected chi connectivity index (χ0v) is 13.2. The highest BCUT2D eigenvalue weighted by atomic mass is 32.2. The first-order valence-corrected chi connectivity index (χ1v) is 8.54. The van der Waals surface area contributed by atoms with Gasteiger partial charge in [-0.25, -0.2) is 13.1 Å². The van der Waals surface area contributed by atoms with Gasteiger partial charge in [0, 0.05) is 16.9 Å². The summed E-state index contributed by atoms with van der Waals surface area (Å²) in [6, 6.07) is 5.95. The van der Waals surface area contributed by atoms with E-state index in [0.717, 1.165) is 0 Å². The molecule has 0 amide bonds. The van der Waals surface area contributed by atoms with E-state index in [4.69, 9.17) is 0 Å². The number of hydrogen-bond acceptors (Lipinski definition) is 4. The molecule has 0 heterocycles. The molecular formula is C13H19NO3S2. The van der Waals surface area contributed by atoms with Crippen molar-refractivity contribution in [2.45, 2.75) is 30.4 Å². The molecule has 1 aromatic carbocycles. The van der Waals surface area contributed by atoms with E-state index in [2.05, 4.69) is 4.72 Å². The molecule has 0 spiro atoms. The zero-order chi connectivity index (χ0) is 14.7. The summed E-state index contributed by atoms with van der Waals surface area (Å²) < 4.78 is 26.6. The maximum Gasteiger partial charge on any atom is 0.240 e. The number of thioether (sulfide) groups is 1. The summed E-state index contributed by atoms with van der Waals surface area (Å²) in [5.41, 5.74) is 0.503. The molecule has 0 bridgehead atoms. The first kappa shape index (κ1) is 16.2. The van der Waals surface area contributed by atoms with Gasteiger partial charge in [-0.3, -0.25) is 4.79 Å². The van der Waals surface area contributed by atoms with E-state index in [1.54, 1.807) is 11.8 Å². The predicted octanol–water partition coefficient (Wildman–Crippen LogP) is 2.31. The second-order valence-corrected chi connectivity index (χ2v) is 8.15. The number of carbonyl (C=O) groups excluding carboxylic acids is 1. The van der Waals surface area contributed by atoms with Crippen LogP contribution >= 0.6 is 11.8 Å². The molecule has 0 aliphatic carbocycles. The number of rotatable bonds is 6. The van der Waals surface area contributed by atoms with Crippen LogP contribution in [0.15, 0.2) is 29.2 Å². The number of ketones is 1. The molecule has 0 fully saturated rings. The van der Waals surface area contributed by atoms with Crippen molar-refractivity contribution in [1.29, 1.82) is 0 Å². The Balaban J connectivity index is 2.86. The summed E-state index contributed by atoms with van der Waals surface area (Å²) in [5, 5.41) is 0. The van der Waals surface area contributed by atoms with Crippen molar-refractivity contribution in [2.75, 3.05) is 12.8 Å². The van der Waals surface area contributed by atoms with Gasteiger partial charge in [0.15, 0.2) is 5.78 Å². The van der Waals surface area contributed by atoms with Gasteiger partial charge in [0.05, 0.1) is 4.90 Å². The Morgan fingerprint density at radius 3 is 2.21 bits per heavy atom. The van der Waals surface area contributed by atoms with Crippen LogP contribution in [-0.4, -0.2) is 31.7 Å². The molecule has 106 valence electrons. The Bertz CT molecular complexity index is 548. The van der Waals surface area contributed by atoms with Crippen molar-refractivity contribution < 1.29 is 13.2 Å². The Morgan fingerprint density at radius 2 is 1.79 bits per heavy atom. The predicted molar refractivity (Wildman–Crippen MR) is 79.2 cm³/mol. The summed E-state index contributed by atoms with van der Waals surface area (Å²) in [7, 11) is -3.52. The number of carbonyl (C=O) groups is 1. The smallest absolute Gasteiger partial charge is 0.240 e. The van der Waals surface area contributed by atoms with Crippen LogP contribution < -0.4 is 4.72 Å². The average Bonchev–Trinajstić information content (AvgIpc) is 2.37. The van der Waals surface area contributed by atoms with Crippen molar-refractivity contribution in [2.24, 2.45) is 0 Å². The van der Waals surface area contributed by atoms with Crippen molar-refractivity contribution in [3.63, 3.8) is 0 Å². The summed E-state index contributed by atoms with van der Waals surface area (Å²) in [5.74, 6) is -0.0829. The molecule has 0 saturated carbocycles. The summed E-state index contributed by atoms with van der Waals surface area (Å²) >= 11 is 1.60. The normalized spacial score (nSPS) is 12.4. The van der Waals surface area contributed by atoms with Gasteiger partial charge in [0.25, 0.3) is 0 Å². The number of nitrogens with one attached hydrogen (secondary N) is 1. The SMILES string of the molecule is CSC(C)(C)CNS(=O)(=O)c1ccc(C(C)=O)cc1. The third-order valence-electron chi connectivity index (χ3n) is 2.81. The van der Waals surface area contributed by atoms with Crippen molar-refractivity contribution in [3.05, 3.63) is 29.8 Å². The van der Waals surface area contributed by atoms with Gasteiger partial charge in [-0.1, -0.05) is 12.1 Å². The standard InChI is InChI=1S/C13H19NO3S2/c1-10(15)11-5-7-12(8-6-11)19(16,17)14-9-13(2,3)18-4/h5-8,14H,9H2,1-4H3. The van der Waals surface area contributed by atoms with Gasteiger partial charge in [-0.2, -0.15) is 11.8 Å². The average molecular weight is 301 g/mol. The van der Waals surface area contributed by atoms with Crippen molar-refractivity contribution >= 4 is 27.6 Å². The number of sulfonamides is 1. The van der Waals surface area contributed by atoms with E-state index in [-0.39, 0.29) is 15.4 Å². The third kappa shape index (κ3) is 4.63. The molecule has 4 nitrogen and oxygen atoms in total. The van der Waals surface area contributed by atoms with Crippen LogP contribution in [0.4, 0.5) is 0 Å². The highest BCUT2D eigenvalue weighted by Crippen LogP contribution is 2.20. The van der Waals surface area contributed by atoms with E-state index in [9.17, 15) is 13.2 Å². The molecule has 1 N–H and O–H groups in total. The number of Topliss-reactive ketones (excluding diaryl/α,β-unsaturated/α-hetero) is 1. The van der Waals surface area contributed by atoms with E-state index >= 15 is 0 Å². The Hall–Kier alpha value is -0.850.